The molecule has 0 radical (unpaired) electrons. The molecule has 160 valence electrons. The zero-order valence-corrected chi connectivity index (χ0v) is 17.9. The molecule has 0 amide bonds. The van der Waals surface area contributed by atoms with Crippen LogP contribution in [0.5, 0.6) is 0 Å². The van der Waals surface area contributed by atoms with Crippen molar-refractivity contribution < 1.29 is 8.60 Å². The summed E-state index contributed by atoms with van der Waals surface area (Å²) in [5.41, 5.74) is 3.02. The number of aryl methyl sites for hydroxylation is 1. The van der Waals surface area contributed by atoms with Crippen molar-refractivity contribution in [1.82, 2.24) is 19.9 Å². The summed E-state index contributed by atoms with van der Waals surface area (Å²) in [6, 6.07) is 6.12. The molecule has 0 aliphatic carbocycles. The van der Waals surface area contributed by atoms with Gasteiger partial charge in [-0.1, -0.05) is 18.1 Å². The Labute approximate surface area is 187 Å². The lowest BCUT2D eigenvalue weighted by Gasteiger charge is -2.27. The fraction of sp³-hybridized carbons (Fsp3) is 0.217. The number of terminal acetylenes is 1. The number of rotatable bonds is 4. The molecular weight excluding hydrogens is 427 g/mol. The van der Waals surface area contributed by atoms with E-state index in [9.17, 15) is 8.60 Å². The largest absolute Gasteiger partial charge is 0.339 e. The Kier molecular flexibility index (Phi) is 5.37. The summed E-state index contributed by atoms with van der Waals surface area (Å²) >= 11 is 0. The van der Waals surface area contributed by atoms with Gasteiger partial charge in [0.2, 0.25) is 5.95 Å². The number of nitrogens with one attached hydrogen (secondary N) is 1. The van der Waals surface area contributed by atoms with Crippen LogP contribution in [0.15, 0.2) is 47.6 Å². The minimum Gasteiger partial charge on any atom is -0.339 e. The normalized spacial score (nSPS) is 17.4. The molecule has 0 bridgehead atoms. The quantitative estimate of drug-likeness (QED) is 0.617. The average molecular weight is 447 g/mol. The zero-order valence-electron chi connectivity index (χ0n) is 17.1. The van der Waals surface area contributed by atoms with Gasteiger partial charge in [0, 0.05) is 43.3 Å². The first-order chi connectivity index (χ1) is 15.6. The monoisotopic (exact) mass is 446 g/mol. The van der Waals surface area contributed by atoms with Crippen LogP contribution < -0.4 is 10.2 Å². The molecular formula is C23H19FN6OS. The SMILES string of the molecule is C#Cc1cnc(C2=CCN(c3nc4c(c(Nc5cccc(F)c5)n3)[S@@](=O)CC4)CC2)nc1. The molecule has 0 unspecified atom stereocenters. The number of anilines is 3. The predicted octanol–water partition coefficient (Wildman–Crippen LogP) is 3.09. The van der Waals surface area contributed by atoms with Gasteiger partial charge in [0.05, 0.1) is 22.1 Å². The topological polar surface area (TPSA) is 83.9 Å². The van der Waals surface area contributed by atoms with Gasteiger partial charge in [0.15, 0.2) is 11.6 Å². The van der Waals surface area contributed by atoms with Crippen LogP contribution in [0, 0.1) is 18.2 Å². The molecule has 0 saturated heterocycles. The van der Waals surface area contributed by atoms with Gasteiger partial charge in [-0.3, -0.25) is 4.21 Å². The maximum atomic E-state index is 13.6. The van der Waals surface area contributed by atoms with E-state index in [4.69, 9.17) is 11.4 Å². The van der Waals surface area contributed by atoms with E-state index in [0.29, 0.717) is 59.0 Å². The number of aromatic nitrogens is 4. The lowest BCUT2D eigenvalue weighted by Crippen LogP contribution is -2.30. The van der Waals surface area contributed by atoms with Crippen molar-refractivity contribution >= 4 is 33.8 Å². The van der Waals surface area contributed by atoms with Crippen LogP contribution >= 0.6 is 0 Å². The smallest absolute Gasteiger partial charge is 0.227 e. The van der Waals surface area contributed by atoms with Gasteiger partial charge in [-0.15, -0.1) is 6.42 Å². The molecule has 4 heterocycles. The Morgan fingerprint density at radius 3 is 2.75 bits per heavy atom. The highest BCUT2D eigenvalue weighted by atomic mass is 32.2. The van der Waals surface area contributed by atoms with Crippen LogP contribution in [0.4, 0.5) is 21.8 Å². The van der Waals surface area contributed by atoms with Crippen LogP contribution in [-0.2, 0) is 17.2 Å². The van der Waals surface area contributed by atoms with Crippen molar-refractivity contribution in [3.63, 3.8) is 0 Å². The molecule has 9 heteroatoms. The van der Waals surface area contributed by atoms with E-state index in [2.05, 4.69) is 37.2 Å². The number of hydrogen-bond acceptors (Lipinski definition) is 7. The molecule has 2 aliphatic rings. The predicted molar refractivity (Wildman–Crippen MR) is 121 cm³/mol. The second-order valence-electron chi connectivity index (χ2n) is 7.45. The van der Waals surface area contributed by atoms with Gasteiger partial charge < -0.3 is 10.2 Å². The number of benzene rings is 1. The lowest BCUT2D eigenvalue weighted by molar-refractivity contribution is 0.628. The number of hydrogen-bond donors (Lipinski definition) is 1. The van der Waals surface area contributed by atoms with Crippen LogP contribution in [0.25, 0.3) is 5.57 Å². The van der Waals surface area contributed by atoms with Crippen molar-refractivity contribution in [2.75, 3.05) is 29.1 Å². The van der Waals surface area contributed by atoms with Crippen LogP contribution in [-0.4, -0.2) is 43.0 Å². The summed E-state index contributed by atoms with van der Waals surface area (Å²) in [5.74, 6) is 4.37. The van der Waals surface area contributed by atoms with E-state index < -0.39 is 10.8 Å². The summed E-state index contributed by atoms with van der Waals surface area (Å²) in [4.78, 5) is 20.7. The third kappa shape index (κ3) is 3.97. The van der Waals surface area contributed by atoms with Crippen LogP contribution in [0.2, 0.25) is 0 Å². The third-order valence-corrected chi connectivity index (χ3v) is 6.82. The van der Waals surface area contributed by atoms with E-state index in [1.807, 2.05) is 0 Å². The fourth-order valence-electron chi connectivity index (χ4n) is 3.74. The van der Waals surface area contributed by atoms with E-state index in [1.54, 1.807) is 24.5 Å². The maximum absolute atomic E-state index is 13.6. The zero-order chi connectivity index (χ0) is 22.1. The molecule has 2 aliphatic heterocycles. The number of fused-ring (bicyclic) bond motifs is 1. The molecule has 3 aromatic rings. The van der Waals surface area contributed by atoms with E-state index >= 15 is 0 Å². The molecule has 1 aromatic carbocycles. The highest BCUT2D eigenvalue weighted by Crippen LogP contribution is 2.32. The lowest BCUT2D eigenvalue weighted by atomic mass is 10.1. The Morgan fingerprint density at radius 1 is 1.19 bits per heavy atom. The Morgan fingerprint density at radius 2 is 2.03 bits per heavy atom. The van der Waals surface area contributed by atoms with Gasteiger partial charge in [-0.05, 0) is 30.2 Å². The maximum Gasteiger partial charge on any atom is 0.227 e. The first-order valence-corrected chi connectivity index (χ1v) is 11.5. The van der Waals surface area contributed by atoms with Crippen molar-refractivity contribution in [1.29, 1.82) is 0 Å². The van der Waals surface area contributed by atoms with Crippen molar-refractivity contribution in [2.24, 2.45) is 0 Å². The van der Waals surface area contributed by atoms with E-state index in [1.165, 1.54) is 12.1 Å². The first kappa shape index (κ1) is 20.3. The fourth-order valence-corrected chi connectivity index (χ4v) is 5.04. The molecule has 32 heavy (non-hydrogen) atoms. The van der Waals surface area contributed by atoms with Gasteiger partial charge in [0.25, 0.3) is 0 Å². The minimum atomic E-state index is -1.18. The highest BCUT2D eigenvalue weighted by molar-refractivity contribution is 7.85. The van der Waals surface area contributed by atoms with E-state index in [0.717, 1.165) is 17.7 Å². The summed E-state index contributed by atoms with van der Waals surface area (Å²) in [6.45, 7) is 1.28. The molecule has 2 aromatic heterocycles. The molecule has 5 rings (SSSR count). The minimum absolute atomic E-state index is 0.353. The highest BCUT2D eigenvalue weighted by Gasteiger charge is 2.28. The number of nitrogens with zero attached hydrogens (tertiary/aromatic N) is 5. The van der Waals surface area contributed by atoms with Crippen molar-refractivity contribution in [3.8, 4) is 12.3 Å². The van der Waals surface area contributed by atoms with E-state index in [-0.39, 0.29) is 5.82 Å². The second-order valence-corrected chi connectivity index (χ2v) is 8.96. The Bertz CT molecular complexity index is 1280. The second kappa shape index (κ2) is 8.48. The molecule has 1 N–H and O–H groups in total. The standard InChI is InChI=1S/C23H19FN6OS/c1-2-15-13-25-21(26-14-15)16-6-9-30(10-7-16)23-28-19-8-11-32(31)20(19)22(29-23)27-18-5-3-4-17(24)12-18/h1,3-6,12-14H,7-11H2,(H,27,28,29)/t32-/m0/s1. The van der Waals surface area contributed by atoms with Crippen LogP contribution in [0.3, 0.4) is 0 Å². The van der Waals surface area contributed by atoms with Gasteiger partial charge >= 0.3 is 0 Å². The van der Waals surface area contributed by atoms with Crippen molar-refractivity contribution in [2.45, 2.75) is 17.7 Å². The Balaban J connectivity index is 1.42. The van der Waals surface area contributed by atoms with Gasteiger partial charge in [0.1, 0.15) is 10.7 Å². The molecule has 0 saturated carbocycles. The molecule has 0 fully saturated rings. The summed E-state index contributed by atoms with van der Waals surface area (Å²) in [6.07, 6.45) is 12.1. The summed E-state index contributed by atoms with van der Waals surface area (Å²) in [7, 11) is -1.18. The molecule has 1 atom stereocenters. The summed E-state index contributed by atoms with van der Waals surface area (Å²) < 4.78 is 26.2. The first-order valence-electron chi connectivity index (χ1n) is 10.2. The Hall–Kier alpha value is -3.64. The average Bonchev–Trinajstić information content (AvgIpc) is 3.20. The summed E-state index contributed by atoms with van der Waals surface area (Å²) in [5, 5.41) is 3.14. The third-order valence-electron chi connectivity index (χ3n) is 5.36. The number of halogens is 1. The molecule has 7 nitrogen and oxygen atoms in total. The molecule has 0 spiro atoms. The van der Waals surface area contributed by atoms with Crippen molar-refractivity contribution in [3.05, 3.63) is 65.6 Å². The van der Waals surface area contributed by atoms with Crippen LogP contribution in [0.1, 0.15) is 23.5 Å². The van der Waals surface area contributed by atoms with Gasteiger partial charge in [-0.25, -0.2) is 19.3 Å². The van der Waals surface area contributed by atoms with Gasteiger partial charge in [-0.2, -0.15) is 4.98 Å².